The van der Waals surface area contributed by atoms with Crippen LogP contribution >= 0.6 is 11.9 Å². The summed E-state index contributed by atoms with van der Waals surface area (Å²) in [6.45, 7) is 3.25. The molecule has 3 aromatic rings. The molecule has 0 aliphatic carbocycles. The van der Waals surface area contributed by atoms with Crippen molar-refractivity contribution in [1.29, 1.82) is 0 Å². The highest BCUT2D eigenvalue weighted by Crippen LogP contribution is 2.33. The van der Waals surface area contributed by atoms with Gasteiger partial charge in [-0.05, 0) is 43.1 Å². The number of benzene rings is 2. The third-order valence-corrected chi connectivity index (χ3v) is 4.92. The molecule has 6 nitrogen and oxygen atoms in total. The Balaban J connectivity index is 1.92. The highest BCUT2D eigenvalue weighted by molar-refractivity contribution is 7.97. The average Bonchev–Trinajstić information content (AvgIpc) is 2.97. The fourth-order valence-electron chi connectivity index (χ4n) is 3.00. The van der Waals surface area contributed by atoms with E-state index < -0.39 is 0 Å². The van der Waals surface area contributed by atoms with Gasteiger partial charge in [0.05, 0.1) is 25.3 Å². The zero-order valence-corrected chi connectivity index (χ0v) is 16.0. The highest BCUT2D eigenvalue weighted by atomic mass is 32.2. The summed E-state index contributed by atoms with van der Waals surface area (Å²) >= 11 is 1.39. The van der Waals surface area contributed by atoms with Crippen molar-refractivity contribution in [2.45, 2.75) is 13.5 Å². The van der Waals surface area contributed by atoms with Crippen molar-refractivity contribution < 1.29 is 14.3 Å². The molecule has 0 spiro atoms. The number of rotatable bonds is 7. The van der Waals surface area contributed by atoms with Crippen LogP contribution in [0.4, 0.5) is 4.79 Å². The number of nitrogens with zero attached hydrogens (tertiary/aromatic N) is 1. The molecule has 0 radical (unpaired) electrons. The Bertz CT molecular complexity index is 862. The largest absolute Gasteiger partial charge is 0.497 e. The van der Waals surface area contributed by atoms with E-state index >= 15 is 0 Å². The molecular formula is C19H23N3O3S. The van der Waals surface area contributed by atoms with Crippen molar-refractivity contribution in [2.24, 2.45) is 0 Å². The molecule has 2 aromatic carbocycles. The third-order valence-electron chi connectivity index (χ3n) is 4.20. The Morgan fingerprint density at radius 3 is 2.12 bits per heavy atom. The SMILES string of the molecule is CCNC(=O)NSCCn1c2cc(OC)ccc2c2ccc(OC)cc21. The first kappa shape index (κ1) is 18.3. The predicted octanol–water partition coefficient (Wildman–Crippen LogP) is 3.78. The van der Waals surface area contributed by atoms with Crippen LogP contribution < -0.4 is 19.5 Å². The number of urea groups is 1. The number of aryl methyl sites for hydroxylation is 1. The summed E-state index contributed by atoms with van der Waals surface area (Å²) in [4.78, 5) is 11.5. The molecule has 0 unspecified atom stereocenters. The number of fused-ring (bicyclic) bond motifs is 3. The van der Waals surface area contributed by atoms with Gasteiger partial charge in [-0.2, -0.15) is 0 Å². The third kappa shape index (κ3) is 3.67. The summed E-state index contributed by atoms with van der Waals surface area (Å²) < 4.78 is 15.8. The molecule has 0 saturated heterocycles. The molecule has 1 aromatic heterocycles. The summed E-state index contributed by atoms with van der Waals surface area (Å²) in [6.07, 6.45) is 0. The number of methoxy groups -OCH3 is 2. The summed E-state index contributed by atoms with van der Waals surface area (Å²) in [6, 6.07) is 12.0. The molecule has 0 aliphatic rings. The minimum atomic E-state index is -0.164. The molecule has 0 aliphatic heterocycles. The van der Waals surface area contributed by atoms with Crippen molar-refractivity contribution >= 4 is 39.8 Å². The molecule has 3 rings (SSSR count). The topological polar surface area (TPSA) is 64.5 Å². The van der Waals surface area contributed by atoms with Crippen molar-refractivity contribution in [3.05, 3.63) is 36.4 Å². The van der Waals surface area contributed by atoms with E-state index in [1.807, 2.05) is 31.2 Å². The van der Waals surface area contributed by atoms with Crippen LogP contribution in [0.3, 0.4) is 0 Å². The van der Waals surface area contributed by atoms with E-state index in [9.17, 15) is 4.79 Å². The van der Waals surface area contributed by atoms with Crippen LogP contribution in [0.2, 0.25) is 0 Å². The van der Waals surface area contributed by atoms with Crippen molar-refractivity contribution in [1.82, 2.24) is 14.6 Å². The van der Waals surface area contributed by atoms with Crippen LogP contribution in [0.25, 0.3) is 21.8 Å². The number of carbonyl (C=O) groups excluding carboxylic acids is 1. The number of ether oxygens (including phenoxy) is 2. The van der Waals surface area contributed by atoms with Crippen molar-refractivity contribution in [3.8, 4) is 11.5 Å². The molecule has 1 heterocycles. The van der Waals surface area contributed by atoms with Crippen molar-refractivity contribution in [3.63, 3.8) is 0 Å². The van der Waals surface area contributed by atoms with Gasteiger partial charge in [-0.3, -0.25) is 4.72 Å². The van der Waals surface area contributed by atoms with E-state index in [0.717, 1.165) is 34.8 Å². The van der Waals surface area contributed by atoms with Gasteiger partial charge < -0.3 is 19.4 Å². The van der Waals surface area contributed by atoms with Gasteiger partial charge in [0.15, 0.2) is 0 Å². The van der Waals surface area contributed by atoms with E-state index in [1.54, 1.807) is 14.2 Å². The summed E-state index contributed by atoms with van der Waals surface area (Å²) in [5.41, 5.74) is 2.21. The molecule has 26 heavy (non-hydrogen) atoms. The summed E-state index contributed by atoms with van der Waals surface area (Å²) in [5.74, 6) is 2.38. The van der Waals surface area contributed by atoms with Crippen LogP contribution in [0.5, 0.6) is 11.5 Å². The van der Waals surface area contributed by atoms with E-state index in [0.29, 0.717) is 6.54 Å². The fraction of sp³-hybridized carbons (Fsp3) is 0.316. The van der Waals surface area contributed by atoms with E-state index in [1.165, 1.54) is 22.7 Å². The molecule has 0 fully saturated rings. The summed E-state index contributed by atoms with van der Waals surface area (Å²) in [7, 11) is 3.34. The fourth-order valence-corrected chi connectivity index (χ4v) is 3.58. The molecule has 2 N–H and O–H groups in total. The van der Waals surface area contributed by atoms with Crippen LogP contribution in [-0.4, -0.2) is 37.1 Å². The molecule has 0 bridgehead atoms. The maximum absolute atomic E-state index is 11.5. The number of aromatic nitrogens is 1. The first-order valence-corrected chi connectivity index (χ1v) is 9.46. The standard InChI is InChI=1S/C19H23N3O3S/c1-4-20-19(23)21-26-10-9-22-17-11-13(24-2)5-7-15(17)16-8-6-14(25-3)12-18(16)22/h5-8,11-12H,4,9-10H2,1-3H3,(H2,20,21,23). The Morgan fingerprint density at radius 2 is 1.62 bits per heavy atom. The van der Waals surface area contributed by atoms with Crippen LogP contribution in [0, 0.1) is 0 Å². The molecule has 7 heteroatoms. The van der Waals surface area contributed by atoms with Gasteiger partial charge in [-0.1, -0.05) is 0 Å². The number of nitrogens with one attached hydrogen (secondary N) is 2. The minimum Gasteiger partial charge on any atom is -0.497 e. The Kier molecular flexibility index (Phi) is 5.78. The quantitative estimate of drug-likeness (QED) is 0.489. The maximum atomic E-state index is 11.5. The van der Waals surface area contributed by atoms with Gasteiger partial charge in [-0.15, -0.1) is 0 Å². The highest BCUT2D eigenvalue weighted by Gasteiger charge is 2.12. The Morgan fingerprint density at radius 1 is 1.04 bits per heavy atom. The Labute approximate surface area is 157 Å². The van der Waals surface area contributed by atoms with Crippen molar-refractivity contribution in [2.75, 3.05) is 26.5 Å². The van der Waals surface area contributed by atoms with Crippen LogP contribution in [0.15, 0.2) is 36.4 Å². The first-order valence-electron chi connectivity index (χ1n) is 8.47. The minimum absolute atomic E-state index is 0.164. The number of amides is 2. The molecular weight excluding hydrogens is 350 g/mol. The summed E-state index contributed by atoms with van der Waals surface area (Å²) in [5, 5.41) is 5.06. The lowest BCUT2D eigenvalue weighted by atomic mass is 10.1. The van der Waals surface area contributed by atoms with Gasteiger partial charge in [0.1, 0.15) is 11.5 Å². The number of hydrogen-bond donors (Lipinski definition) is 2. The lowest BCUT2D eigenvalue weighted by Crippen LogP contribution is -2.31. The monoisotopic (exact) mass is 373 g/mol. The Hall–Kier alpha value is -2.54. The molecule has 2 amide bonds. The van der Waals surface area contributed by atoms with E-state index in [-0.39, 0.29) is 6.03 Å². The lowest BCUT2D eigenvalue weighted by Gasteiger charge is -2.09. The normalized spacial score (nSPS) is 10.9. The second-order valence-electron chi connectivity index (χ2n) is 5.73. The zero-order chi connectivity index (χ0) is 18.5. The smallest absolute Gasteiger partial charge is 0.324 e. The van der Waals surface area contributed by atoms with Gasteiger partial charge in [0.25, 0.3) is 0 Å². The van der Waals surface area contributed by atoms with Gasteiger partial charge in [0, 0.05) is 41.7 Å². The average molecular weight is 373 g/mol. The van der Waals surface area contributed by atoms with Gasteiger partial charge >= 0.3 is 6.03 Å². The second-order valence-corrected chi connectivity index (χ2v) is 6.63. The van der Waals surface area contributed by atoms with Crippen LogP contribution in [0.1, 0.15) is 6.92 Å². The van der Waals surface area contributed by atoms with E-state index in [4.69, 9.17) is 9.47 Å². The predicted molar refractivity (Wildman–Crippen MR) is 107 cm³/mol. The zero-order valence-electron chi connectivity index (χ0n) is 15.2. The van der Waals surface area contributed by atoms with E-state index in [2.05, 4.69) is 26.7 Å². The number of hydrogen-bond acceptors (Lipinski definition) is 4. The second kappa shape index (κ2) is 8.23. The number of carbonyl (C=O) groups is 1. The van der Waals surface area contributed by atoms with Gasteiger partial charge in [-0.25, -0.2) is 4.79 Å². The van der Waals surface area contributed by atoms with Crippen LogP contribution in [-0.2, 0) is 6.54 Å². The van der Waals surface area contributed by atoms with Gasteiger partial charge in [0.2, 0.25) is 0 Å². The molecule has 0 saturated carbocycles. The lowest BCUT2D eigenvalue weighted by molar-refractivity contribution is 0.247. The molecule has 138 valence electrons. The maximum Gasteiger partial charge on any atom is 0.324 e. The molecule has 0 atom stereocenters. The first-order chi connectivity index (χ1) is 12.7.